The van der Waals surface area contributed by atoms with Gasteiger partial charge in [0, 0.05) is 28.2 Å². The number of hydrogen-bond acceptors (Lipinski definition) is 3. The fourth-order valence-electron chi connectivity index (χ4n) is 2.69. The maximum atomic E-state index is 12.5. The van der Waals surface area contributed by atoms with Crippen LogP contribution in [0.25, 0.3) is 10.9 Å². The number of halogens is 1. The van der Waals surface area contributed by atoms with E-state index in [1.54, 1.807) is 30.5 Å². The average Bonchev–Trinajstić information content (AvgIpc) is 3.13. The topological polar surface area (TPSA) is 86.9 Å². The van der Waals surface area contributed by atoms with Crippen molar-refractivity contribution in [3.8, 4) is 0 Å². The smallest absolute Gasteiger partial charge is 0.256 e. The number of fused-ring (bicyclic) bond motifs is 2. The van der Waals surface area contributed by atoms with E-state index in [4.69, 9.17) is 11.6 Å². The number of carbonyl (C=O) groups is 2. The number of nitrogens with one attached hydrogen (secondary N) is 3. The van der Waals surface area contributed by atoms with Crippen LogP contribution in [0.5, 0.6) is 0 Å². The number of hydrogen-bond donors (Lipinski definition) is 3. The molecule has 1 aliphatic heterocycles. The minimum atomic E-state index is -0.308. The third kappa shape index (κ3) is 2.33. The van der Waals surface area contributed by atoms with Gasteiger partial charge in [-0.25, -0.2) is 0 Å². The lowest BCUT2D eigenvalue weighted by molar-refractivity contribution is 0.0964. The van der Waals surface area contributed by atoms with Crippen molar-refractivity contribution in [1.82, 2.24) is 15.5 Å². The first-order chi connectivity index (χ1) is 11.1. The summed E-state index contributed by atoms with van der Waals surface area (Å²) in [5, 5.41) is 13.4. The lowest BCUT2D eigenvalue weighted by Gasteiger charge is -2.08. The zero-order valence-corrected chi connectivity index (χ0v) is 12.6. The number of nitrogens with zero attached hydrogens (tertiary/aromatic N) is 1. The van der Waals surface area contributed by atoms with E-state index in [2.05, 4.69) is 20.8 Å². The van der Waals surface area contributed by atoms with Gasteiger partial charge in [-0.1, -0.05) is 17.7 Å². The highest BCUT2D eigenvalue weighted by atomic mass is 35.5. The van der Waals surface area contributed by atoms with Crippen LogP contribution in [-0.2, 0) is 6.54 Å². The van der Waals surface area contributed by atoms with Crippen molar-refractivity contribution in [1.29, 1.82) is 0 Å². The highest BCUT2D eigenvalue weighted by Crippen LogP contribution is 2.24. The molecule has 0 aliphatic carbocycles. The second kappa shape index (κ2) is 5.10. The molecule has 1 aliphatic rings. The van der Waals surface area contributed by atoms with Gasteiger partial charge in [0.05, 0.1) is 17.3 Å². The number of amides is 2. The van der Waals surface area contributed by atoms with Crippen LogP contribution >= 0.6 is 11.6 Å². The van der Waals surface area contributed by atoms with Crippen molar-refractivity contribution >= 4 is 40.0 Å². The Morgan fingerprint density at radius 3 is 3.00 bits per heavy atom. The fourth-order valence-corrected chi connectivity index (χ4v) is 2.91. The first-order valence-electron chi connectivity index (χ1n) is 6.97. The summed E-state index contributed by atoms with van der Waals surface area (Å²) in [4.78, 5) is 24.3. The molecule has 3 aromatic rings. The molecule has 0 saturated heterocycles. The van der Waals surface area contributed by atoms with E-state index in [9.17, 15) is 9.59 Å². The maximum absolute atomic E-state index is 12.5. The molecular weight excluding hydrogens is 316 g/mol. The molecule has 0 spiro atoms. The van der Waals surface area contributed by atoms with Gasteiger partial charge in [0.25, 0.3) is 11.8 Å². The zero-order chi connectivity index (χ0) is 16.0. The molecule has 3 N–H and O–H groups in total. The predicted molar refractivity (Wildman–Crippen MR) is 86.7 cm³/mol. The Morgan fingerprint density at radius 2 is 2.13 bits per heavy atom. The minimum absolute atomic E-state index is 0.129. The van der Waals surface area contributed by atoms with E-state index >= 15 is 0 Å². The molecule has 0 saturated carbocycles. The molecule has 1 aromatic heterocycles. The number of anilines is 1. The number of H-pyrrole nitrogens is 1. The molecule has 0 unspecified atom stereocenters. The predicted octanol–water partition coefficient (Wildman–Crippen LogP) is 2.71. The third-order valence-electron chi connectivity index (χ3n) is 3.82. The van der Waals surface area contributed by atoms with Crippen molar-refractivity contribution in [2.24, 2.45) is 0 Å². The van der Waals surface area contributed by atoms with Crippen LogP contribution in [0.2, 0.25) is 5.02 Å². The number of benzene rings is 2. The van der Waals surface area contributed by atoms with E-state index in [0.717, 1.165) is 5.56 Å². The lowest BCUT2D eigenvalue weighted by Crippen LogP contribution is -2.14. The molecule has 23 heavy (non-hydrogen) atoms. The van der Waals surface area contributed by atoms with Crippen molar-refractivity contribution in [2.45, 2.75) is 6.54 Å². The van der Waals surface area contributed by atoms with Crippen molar-refractivity contribution in [3.63, 3.8) is 0 Å². The summed E-state index contributed by atoms with van der Waals surface area (Å²) in [5.41, 5.74) is 3.18. The Labute approximate surface area is 135 Å². The molecular formula is C16H11ClN4O2. The van der Waals surface area contributed by atoms with Crippen LogP contribution in [-0.4, -0.2) is 22.0 Å². The van der Waals surface area contributed by atoms with Gasteiger partial charge in [-0.05, 0) is 29.8 Å². The monoisotopic (exact) mass is 326 g/mol. The standard InChI is InChI=1S/C16H11ClN4O2/c17-9-3-12(13-7-19-21-14(13)4-9)16(23)20-10-2-1-8-6-18-15(22)11(8)5-10/h1-5,7H,6H2,(H,18,22)(H,19,21)(H,20,23). The Hall–Kier alpha value is -2.86. The van der Waals surface area contributed by atoms with Crippen LogP contribution in [0.3, 0.4) is 0 Å². The molecule has 2 aromatic carbocycles. The molecule has 4 rings (SSSR count). The van der Waals surface area contributed by atoms with Gasteiger partial charge < -0.3 is 10.6 Å². The van der Waals surface area contributed by atoms with Crippen LogP contribution < -0.4 is 10.6 Å². The summed E-state index contributed by atoms with van der Waals surface area (Å²) in [6.07, 6.45) is 1.58. The molecule has 0 radical (unpaired) electrons. The normalized spacial score (nSPS) is 13.0. The molecule has 114 valence electrons. The highest BCUT2D eigenvalue weighted by molar-refractivity contribution is 6.32. The second-order valence-corrected chi connectivity index (χ2v) is 5.73. The summed E-state index contributed by atoms with van der Waals surface area (Å²) < 4.78 is 0. The van der Waals surface area contributed by atoms with Gasteiger partial charge in [-0.15, -0.1) is 0 Å². The summed E-state index contributed by atoms with van der Waals surface area (Å²) >= 11 is 6.04. The summed E-state index contributed by atoms with van der Waals surface area (Å²) in [6.45, 7) is 0.520. The van der Waals surface area contributed by atoms with Crippen molar-refractivity contribution in [3.05, 3.63) is 58.2 Å². The highest BCUT2D eigenvalue weighted by Gasteiger charge is 2.20. The van der Waals surface area contributed by atoms with Crippen LogP contribution in [0.4, 0.5) is 5.69 Å². The van der Waals surface area contributed by atoms with Gasteiger partial charge in [-0.3, -0.25) is 14.7 Å². The zero-order valence-electron chi connectivity index (χ0n) is 11.8. The molecule has 0 fully saturated rings. The maximum Gasteiger partial charge on any atom is 0.256 e. The van der Waals surface area contributed by atoms with E-state index < -0.39 is 0 Å². The Kier molecular flexibility index (Phi) is 3.06. The van der Waals surface area contributed by atoms with Crippen molar-refractivity contribution < 1.29 is 9.59 Å². The summed E-state index contributed by atoms with van der Waals surface area (Å²) in [5.74, 6) is -0.437. The fraction of sp³-hybridized carbons (Fsp3) is 0.0625. The van der Waals surface area contributed by atoms with Crippen LogP contribution in [0, 0.1) is 0 Å². The molecule has 2 amide bonds. The first-order valence-corrected chi connectivity index (χ1v) is 7.35. The Morgan fingerprint density at radius 1 is 1.26 bits per heavy atom. The molecule has 2 heterocycles. The average molecular weight is 327 g/mol. The number of aromatic amines is 1. The molecule has 0 bridgehead atoms. The van der Waals surface area contributed by atoms with Crippen LogP contribution in [0.1, 0.15) is 26.3 Å². The largest absolute Gasteiger partial charge is 0.348 e. The summed E-state index contributed by atoms with van der Waals surface area (Å²) in [7, 11) is 0. The Balaban J connectivity index is 1.69. The van der Waals surface area contributed by atoms with E-state index in [0.29, 0.717) is 39.3 Å². The van der Waals surface area contributed by atoms with Gasteiger partial charge in [0.1, 0.15) is 0 Å². The van der Waals surface area contributed by atoms with Gasteiger partial charge >= 0.3 is 0 Å². The Bertz CT molecular complexity index is 964. The number of aromatic nitrogens is 2. The van der Waals surface area contributed by atoms with Crippen LogP contribution in [0.15, 0.2) is 36.5 Å². The number of carbonyl (C=O) groups excluding carboxylic acids is 2. The van der Waals surface area contributed by atoms with E-state index in [-0.39, 0.29) is 11.8 Å². The first kappa shape index (κ1) is 13.8. The molecule has 6 nitrogen and oxygen atoms in total. The lowest BCUT2D eigenvalue weighted by atomic mass is 10.1. The van der Waals surface area contributed by atoms with E-state index in [1.165, 1.54) is 0 Å². The van der Waals surface area contributed by atoms with Gasteiger partial charge in [-0.2, -0.15) is 5.10 Å². The number of rotatable bonds is 2. The molecule has 7 heteroatoms. The third-order valence-corrected chi connectivity index (χ3v) is 4.04. The second-order valence-electron chi connectivity index (χ2n) is 5.29. The van der Waals surface area contributed by atoms with Gasteiger partial charge in [0.15, 0.2) is 0 Å². The quantitative estimate of drug-likeness (QED) is 0.676. The summed E-state index contributed by atoms with van der Waals surface area (Å²) in [6, 6.07) is 8.57. The minimum Gasteiger partial charge on any atom is -0.348 e. The van der Waals surface area contributed by atoms with Crippen molar-refractivity contribution in [2.75, 3.05) is 5.32 Å². The molecule has 0 atom stereocenters. The van der Waals surface area contributed by atoms with E-state index in [1.807, 2.05) is 6.07 Å². The van der Waals surface area contributed by atoms with Gasteiger partial charge in [0.2, 0.25) is 0 Å². The SMILES string of the molecule is O=C1NCc2ccc(NC(=O)c3cc(Cl)cc4[nH]ncc34)cc21.